The molecule has 0 atom stereocenters. The highest BCUT2D eigenvalue weighted by molar-refractivity contribution is 5.93. The number of aromatic nitrogens is 1. The van der Waals surface area contributed by atoms with E-state index in [0.29, 0.717) is 23.7 Å². The Kier molecular flexibility index (Phi) is 2.88. The first-order valence-corrected chi connectivity index (χ1v) is 6.65. The number of pyridine rings is 1. The van der Waals surface area contributed by atoms with Crippen LogP contribution in [0.25, 0.3) is 10.9 Å². The van der Waals surface area contributed by atoms with Gasteiger partial charge in [-0.25, -0.2) is 13.8 Å². The largest absolute Gasteiger partial charge is 0.385 e. The van der Waals surface area contributed by atoms with E-state index in [1.807, 2.05) is 13.0 Å². The Morgan fingerprint density at radius 3 is 2.68 bits per heavy atom. The van der Waals surface area contributed by atoms with Crippen molar-refractivity contribution in [1.82, 2.24) is 4.98 Å². The highest BCUT2D eigenvalue weighted by Gasteiger charge is 2.27. The summed E-state index contributed by atoms with van der Waals surface area (Å²) >= 11 is 0. The molecule has 0 radical (unpaired) electrons. The molecule has 1 fully saturated rings. The molecule has 0 unspecified atom stereocenters. The molecule has 1 aliphatic rings. The van der Waals surface area contributed by atoms with E-state index in [-0.39, 0.29) is 16.7 Å². The van der Waals surface area contributed by atoms with Crippen LogP contribution in [-0.2, 0) is 0 Å². The van der Waals surface area contributed by atoms with Crippen molar-refractivity contribution >= 4 is 16.6 Å². The average molecular weight is 262 g/mol. The fourth-order valence-electron chi connectivity index (χ4n) is 2.40. The molecule has 4 heteroatoms. The smallest absolute Gasteiger partial charge is 0.149 e. The molecule has 2 aromatic rings. The lowest BCUT2D eigenvalue weighted by Crippen LogP contribution is -2.03. The number of halogens is 2. The van der Waals surface area contributed by atoms with Gasteiger partial charge in [0.25, 0.3) is 0 Å². The number of hydrogen-bond donors (Lipinski definition) is 1. The van der Waals surface area contributed by atoms with Crippen molar-refractivity contribution in [1.29, 1.82) is 0 Å². The van der Waals surface area contributed by atoms with Crippen molar-refractivity contribution in [3.05, 3.63) is 35.0 Å². The van der Waals surface area contributed by atoms with Gasteiger partial charge in [-0.15, -0.1) is 0 Å². The van der Waals surface area contributed by atoms with E-state index in [1.54, 1.807) is 6.92 Å². The third-order valence-electron chi connectivity index (χ3n) is 3.54. The van der Waals surface area contributed by atoms with Crippen molar-refractivity contribution < 1.29 is 8.78 Å². The van der Waals surface area contributed by atoms with Crippen molar-refractivity contribution in [3.63, 3.8) is 0 Å². The SMILES string of the molecule is CCNc1cc(C2CC2)nc2c(F)cc(C)c(F)c12. The molecule has 1 N–H and O–H groups in total. The van der Waals surface area contributed by atoms with Crippen LogP contribution in [0.1, 0.15) is 36.9 Å². The van der Waals surface area contributed by atoms with Crippen LogP contribution >= 0.6 is 0 Å². The number of rotatable bonds is 3. The molecular formula is C15H16F2N2. The summed E-state index contributed by atoms with van der Waals surface area (Å²) in [5.74, 6) is -0.427. The van der Waals surface area contributed by atoms with Crippen molar-refractivity contribution in [3.8, 4) is 0 Å². The third-order valence-corrected chi connectivity index (χ3v) is 3.54. The predicted octanol–water partition coefficient (Wildman–Crippen LogP) is 4.13. The zero-order chi connectivity index (χ0) is 13.6. The summed E-state index contributed by atoms with van der Waals surface area (Å²) in [5.41, 5.74) is 1.97. The molecular weight excluding hydrogens is 246 g/mol. The molecule has 1 aromatic carbocycles. The number of anilines is 1. The summed E-state index contributed by atoms with van der Waals surface area (Å²) in [6, 6.07) is 3.09. The molecule has 1 aromatic heterocycles. The standard InChI is InChI=1S/C15H16F2N2/c1-3-18-12-7-11(9-4-5-9)19-15-10(16)6-8(2)14(17)13(12)15/h6-7,9H,3-5H2,1-2H3,(H,18,19). The van der Waals surface area contributed by atoms with Gasteiger partial charge in [0.05, 0.1) is 5.39 Å². The molecule has 1 aliphatic carbocycles. The minimum absolute atomic E-state index is 0.142. The number of fused-ring (bicyclic) bond motifs is 1. The molecule has 19 heavy (non-hydrogen) atoms. The van der Waals surface area contributed by atoms with Gasteiger partial charge in [0, 0.05) is 23.8 Å². The summed E-state index contributed by atoms with van der Waals surface area (Å²) in [6.45, 7) is 4.17. The second kappa shape index (κ2) is 4.44. The molecule has 2 nitrogen and oxygen atoms in total. The van der Waals surface area contributed by atoms with Crippen LogP contribution in [-0.4, -0.2) is 11.5 Å². The minimum Gasteiger partial charge on any atom is -0.385 e. The zero-order valence-electron chi connectivity index (χ0n) is 11.1. The fraction of sp³-hybridized carbons (Fsp3) is 0.400. The van der Waals surface area contributed by atoms with E-state index in [1.165, 1.54) is 6.07 Å². The maximum absolute atomic E-state index is 14.3. The lowest BCUT2D eigenvalue weighted by Gasteiger charge is -2.13. The normalized spacial score (nSPS) is 14.9. The van der Waals surface area contributed by atoms with Gasteiger partial charge in [-0.2, -0.15) is 0 Å². The van der Waals surface area contributed by atoms with Crippen molar-refractivity contribution in [2.75, 3.05) is 11.9 Å². The Morgan fingerprint density at radius 2 is 2.05 bits per heavy atom. The van der Waals surface area contributed by atoms with Crippen LogP contribution in [0, 0.1) is 18.6 Å². The third kappa shape index (κ3) is 2.05. The first-order chi connectivity index (χ1) is 9.11. The summed E-state index contributed by atoms with van der Waals surface area (Å²) in [4.78, 5) is 4.33. The predicted molar refractivity (Wildman–Crippen MR) is 72.5 cm³/mol. The van der Waals surface area contributed by atoms with E-state index >= 15 is 0 Å². The minimum atomic E-state index is -0.449. The lowest BCUT2D eigenvalue weighted by atomic mass is 10.1. The van der Waals surface area contributed by atoms with Gasteiger partial charge in [0.2, 0.25) is 0 Å². The molecule has 0 bridgehead atoms. The van der Waals surface area contributed by atoms with Gasteiger partial charge < -0.3 is 5.32 Å². The van der Waals surface area contributed by atoms with Crippen LogP contribution < -0.4 is 5.32 Å². The van der Waals surface area contributed by atoms with E-state index in [0.717, 1.165) is 18.5 Å². The summed E-state index contributed by atoms with van der Waals surface area (Å²) in [5, 5.41) is 3.39. The van der Waals surface area contributed by atoms with E-state index < -0.39 is 5.82 Å². The van der Waals surface area contributed by atoms with Crippen LogP contribution in [0.2, 0.25) is 0 Å². The monoisotopic (exact) mass is 262 g/mol. The van der Waals surface area contributed by atoms with Gasteiger partial charge >= 0.3 is 0 Å². The summed E-state index contributed by atoms with van der Waals surface area (Å²) in [7, 11) is 0. The molecule has 1 saturated carbocycles. The highest BCUT2D eigenvalue weighted by atomic mass is 19.1. The van der Waals surface area contributed by atoms with Crippen molar-refractivity contribution in [2.24, 2.45) is 0 Å². The van der Waals surface area contributed by atoms with Gasteiger partial charge in [0.15, 0.2) is 0 Å². The molecule has 1 heterocycles. The van der Waals surface area contributed by atoms with Crippen LogP contribution in [0.15, 0.2) is 12.1 Å². The van der Waals surface area contributed by atoms with Gasteiger partial charge in [-0.3, -0.25) is 0 Å². The first-order valence-electron chi connectivity index (χ1n) is 6.65. The summed E-state index contributed by atoms with van der Waals surface area (Å²) < 4.78 is 28.3. The molecule has 0 aliphatic heterocycles. The van der Waals surface area contributed by atoms with E-state index in [9.17, 15) is 8.78 Å². The van der Waals surface area contributed by atoms with Crippen LogP contribution in [0.3, 0.4) is 0 Å². The highest BCUT2D eigenvalue weighted by Crippen LogP contribution is 2.42. The van der Waals surface area contributed by atoms with Crippen LogP contribution in [0.5, 0.6) is 0 Å². The fourth-order valence-corrected chi connectivity index (χ4v) is 2.40. The molecule has 0 saturated heterocycles. The molecule has 3 rings (SSSR count). The van der Waals surface area contributed by atoms with Gasteiger partial charge in [-0.05, 0) is 44.4 Å². The quantitative estimate of drug-likeness (QED) is 0.899. The zero-order valence-corrected chi connectivity index (χ0v) is 11.1. The second-order valence-corrected chi connectivity index (χ2v) is 5.11. The Balaban J connectivity index is 2.33. The Morgan fingerprint density at radius 1 is 1.32 bits per heavy atom. The first kappa shape index (κ1) is 12.3. The van der Waals surface area contributed by atoms with Gasteiger partial charge in [0.1, 0.15) is 17.2 Å². The molecule has 100 valence electrons. The maximum Gasteiger partial charge on any atom is 0.149 e. The maximum atomic E-state index is 14.3. The van der Waals surface area contributed by atoms with Gasteiger partial charge in [-0.1, -0.05) is 0 Å². The average Bonchev–Trinajstić information content (AvgIpc) is 3.20. The Labute approximate surface area is 110 Å². The molecule has 0 amide bonds. The molecule has 0 spiro atoms. The topological polar surface area (TPSA) is 24.9 Å². The number of nitrogens with zero attached hydrogens (tertiary/aromatic N) is 1. The summed E-state index contributed by atoms with van der Waals surface area (Å²) in [6.07, 6.45) is 2.17. The Hall–Kier alpha value is -1.71. The number of nitrogens with one attached hydrogen (secondary N) is 1. The van der Waals surface area contributed by atoms with E-state index in [4.69, 9.17) is 0 Å². The number of benzene rings is 1. The lowest BCUT2D eigenvalue weighted by molar-refractivity contribution is 0.607. The van der Waals surface area contributed by atoms with Crippen LogP contribution in [0.4, 0.5) is 14.5 Å². The Bertz CT molecular complexity index is 648. The number of hydrogen-bond acceptors (Lipinski definition) is 2. The van der Waals surface area contributed by atoms with E-state index in [2.05, 4.69) is 10.3 Å². The second-order valence-electron chi connectivity index (χ2n) is 5.11. The van der Waals surface area contributed by atoms with Crippen molar-refractivity contribution in [2.45, 2.75) is 32.6 Å². The number of aryl methyl sites for hydroxylation is 1.